The van der Waals surface area contributed by atoms with Gasteiger partial charge in [0, 0.05) is 6.42 Å². The molecule has 0 saturated heterocycles. The van der Waals surface area contributed by atoms with Crippen LogP contribution in [-0.2, 0) is 14.9 Å². The van der Waals surface area contributed by atoms with E-state index in [1.165, 1.54) is 109 Å². The molecular formula is C51H89NO5S. The summed E-state index contributed by atoms with van der Waals surface area (Å²) in [7, 11) is -4.34. The zero-order valence-corrected chi connectivity index (χ0v) is 38.2. The number of nitrogens with one attached hydrogen (secondary N) is 1. The molecule has 0 fully saturated rings. The zero-order chi connectivity index (χ0) is 42.5. The molecule has 0 radical (unpaired) electrons. The van der Waals surface area contributed by atoms with Crippen LogP contribution in [0.15, 0.2) is 85.1 Å². The van der Waals surface area contributed by atoms with Crippen molar-refractivity contribution in [2.75, 3.05) is 5.75 Å². The van der Waals surface area contributed by atoms with Crippen molar-refractivity contribution in [2.24, 2.45) is 0 Å². The largest absolute Gasteiger partial charge is 0.391 e. The van der Waals surface area contributed by atoms with Crippen LogP contribution in [0, 0.1) is 0 Å². The van der Waals surface area contributed by atoms with Crippen molar-refractivity contribution < 1.29 is 22.9 Å². The Bertz CT molecular complexity index is 1230. The lowest BCUT2D eigenvalue weighted by Crippen LogP contribution is -2.47. The molecule has 0 aromatic heterocycles. The summed E-state index contributed by atoms with van der Waals surface area (Å²) < 4.78 is 32.7. The normalized spacial score (nSPS) is 13.9. The van der Waals surface area contributed by atoms with Gasteiger partial charge in [0.25, 0.3) is 10.1 Å². The predicted molar refractivity (Wildman–Crippen MR) is 253 cm³/mol. The SMILES string of the molecule is CC/C=C\C/C=C\C/C=C\C/C=C\C/C=C\C/C=C\C/C=C\CCCC(=O)NC(CS(=O)(=O)O)C(O)CCCCCCCCCCCCCCCCCCCCCC. The second-order valence-corrected chi connectivity index (χ2v) is 17.5. The third kappa shape index (κ3) is 44.6. The number of unbranched alkanes of at least 4 members (excludes halogenated alkanes) is 20. The number of aliphatic hydroxyl groups excluding tert-OH is 1. The number of hydrogen-bond acceptors (Lipinski definition) is 4. The quantitative estimate of drug-likeness (QED) is 0.0323. The molecule has 0 spiro atoms. The fourth-order valence-corrected chi connectivity index (χ4v) is 7.62. The minimum Gasteiger partial charge on any atom is -0.391 e. The summed E-state index contributed by atoms with van der Waals surface area (Å²) >= 11 is 0. The average molecular weight is 828 g/mol. The third-order valence-corrected chi connectivity index (χ3v) is 11.1. The monoisotopic (exact) mass is 828 g/mol. The Morgan fingerprint density at radius 2 is 0.810 bits per heavy atom. The summed E-state index contributed by atoms with van der Waals surface area (Å²) in [6, 6.07) is -1.01. The number of aliphatic hydroxyl groups is 1. The molecule has 6 nitrogen and oxygen atoms in total. The Balaban J connectivity index is 3.94. The highest BCUT2D eigenvalue weighted by Gasteiger charge is 2.26. The molecule has 0 aromatic rings. The molecule has 0 saturated carbocycles. The van der Waals surface area contributed by atoms with Gasteiger partial charge in [-0.3, -0.25) is 9.35 Å². The van der Waals surface area contributed by atoms with Crippen LogP contribution in [0.2, 0.25) is 0 Å². The van der Waals surface area contributed by atoms with E-state index in [1.54, 1.807) is 0 Å². The van der Waals surface area contributed by atoms with Crippen molar-refractivity contribution in [3.05, 3.63) is 85.1 Å². The number of carbonyl (C=O) groups is 1. The van der Waals surface area contributed by atoms with Gasteiger partial charge in [-0.05, 0) is 64.2 Å². The van der Waals surface area contributed by atoms with Gasteiger partial charge in [0.15, 0.2) is 0 Å². The van der Waals surface area contributed by atoms with Gasteiger partial charge in [-0.2, -0.15) is 8.42 Å². The number of carbonyl (C=O) groups excluding carboxylic acids is 1. The molecule has 0 aliphatic rings. The highest BCUT2D eigenvalue weighted by molar-refractivity contribution is 7.85. The fraction of sp³-hybridized carbons (Fsp3) is 0.706. The molecule has 0 rings (SSSR count). The first-order valence-corrected chi connectivity index (χ1v) is 25.4. The van der Waals surface area contributed by atoms with Gasteiger partial charge in [-0.25, -0.2) is 0 Å². The fourth-order valence-electron chi connectivity index (χ4n) is 6.86. The Labute approximate surface area is 358 Å². The zero-order valence-electron chi connectivity index (χ0n) is 37.4. The molecule has 3 N–H and O–H groups in total. The van der Waals surface area contributed by atoms with E-state index in [0.29, 0.717) is 12.8 Å². The first-order valence-electron chi connectivity index (χ1n) is 23.8. The van der Waals surface area contributed by atoms with Gasteiger partial charge in [0.2, 0.25) is 5.91 Å². The van der Waals surface area contributed by atoms with Crippen molar-refractivity contribution in [3.8, 4) is 0 Å². The van der Waals surface area contributed by atoms with Gasteiger partial charge in [0.05, 0.1) is 17.9 Å². The summed E-state index contributed by atoms with van der Waals surface area (Å²) in [5.74, 6) is -0.980. The molecular weight excluding hydrogens is 739 g/mol. The van der Waals surface area contributed by atoms with E-state index in [0.717, 1.165) is 70.6 Å². The molecule has 2 atom stereocenters. The van der Waals surface area contributed by atoms with Crippen LogP contribution < -0.4 is 5.32 Å². The summed E-state index contributed by atoms with van der Waals surface area (Å²) in [4.78, 5) is 12.6. The molecule has 0 aliphatic carbocycles. The first kappa shape index (κ1) is 55.5. The second-order valence-electron chi connectivity index (χ2n) is 16.0. The molecule has 334 valence electrons. The van der Waals surface area contributed by atoms with Crippen molar-refractivity contribution in [1.82, 2.24) is 5.32 Å². The van der Waals surface area contributed by atoms with E-state index in [1.807, 2.05) is 0 Å². The maximum atomic E-state index is 12.6. The van der Waals surface area contributed by atoms with Gasteiger partial charge in [-0.1, -0.05) is 227 Å². The highest BCUT2D eigenvalue weighted by Crippen LogP contribution is 2.16. The van der Waals surface area contributed by atoms with E-state index in [-0.39, 0.29) is 12.3 Å². The minimum absolute atomic E-state index is 0.234. The lowest BCUT2D eigenvalue weighted by atomic mass is 10.0. The Hall–Kier alpha value is -2.48. The van der Waals surface area contributed by atoms with E-state index in [4.69, 9.17) is 0 Å². The number of allylic oxidation sites excluding steroid dienone is 14. The minimum atomic E-state index is -4.34. The van der Waals surface area contributed by atoms with Gasteiger partial charge in [-0.15, -0.1) is 0 Å². The lowest BCUT2D eigenvalue weighted by molar-refractivity contribution is -0.122. The first-order chi connectivity index (χ1) is 28.3. The molecule has 0 heterocycles. The van der Waals surface area contributed by atoms with Crippen molar-refractivity contribution in [1.29, 1.82) is 0 Å². The maximum absolute atomic E-state index is 12.6. The Morgan fingerprint density at radius 1 is 0.483 bits per heavy atom. The van der Waals surface area contributed by atoms with E-state index in [2.05, 4.69) is 104 Å². The van der Waals surface area contributed by atoms with Gasteiger partial charge >= 0.3 is 0 Å². The molecule has 2 unspecified atom stereocenters. The summed E-state index contributed by atoms with van der Waals surface area (Å²) in [5.41, 5.74) is 0. The van der Waals surface area contributed by atoms with Gasteiger partial charge in [0.1, 0.15) is 0 Å². The van der Waals surface area contributed by atoms with Crippen LogP contribution in [0.3, 0.4) is 0 Å². The number of amides is 1. The highest BCUT2D eigenvalue weighted by atomic mass is 32.2. The predicted octanol–water partition coefficient (Wildman–Crippen LogP) is 14.7. The third-order valence-electron chi connectivity index (χ3n) is 10.4. The maximum Gasteiger partial charge on any atom is 0.266 e. The summed E-state index contributed by atoms with van der Waals surface area (Å²) in [5, 5.41) is 13.4. The molecule has 0 bridgehead atoms. The van der Waals surface area contributed by atoms with Crippen LogP contribution in [0.4, 0.5) is 0 Å². The van der Waals surface area contributed by atoms with E-state index < -0.39 is 28.0 Å². The van der Waals surface area contributed by atoms with Crippen LogP contribution in [0.1, 0.15) is 213 Å². The van der Waals surface area contributed by atoms with E-state index >= 15 is 0 Å². The standard InChI is InChI=1S/C51H89NO5S/c1-3-5-7-9-11-13-15-17-19-21-23-25-26-27-29-31-33-35-37-39-41-43-45-47-51(54)52-49(48-58(55,56)57)50(53)46-44-42-40-38-36-34-32-30-28-24-22-20-18-16-14-12-10-8-6-4-2/h5,7,11,13,17,19,23,25,27,29,33,35,39,41,49-50,53H,3-4,6,8-10,12,14-16,18,20-22,24,26,28,30-32,34,36-38,40,42-48H2,1-2H3,(H,52,54)(H,55,56,57)/b7-5-,13-11-,19-17-,25-23-,29-27-,35-33-,41-39-. The Morgan fingerprint density at radius 3 is 1.16 bits per heavy atom. The van der Waals surface area contributed by atoms with Crippen LogP contribution >= 0.6 is 0 Å². The number of rotatable bonds is 42. The smallest absolute Gasteiger partial charge is 0.266 e. The molecule has 0 aliphatic heterocycles. The molecule has 7 heteroatoms. The topological polar surface area (TPSA) is 104 Å². The van der Waals surface area contributed by atoms with Crippen molar-refractivity contribution in [2.45, 2.75) is 225 Å². The Kier molecular flexibility index (Phi) is 42.2. The summed E-state index contributed by atoms with van der Waals surface area (Å²) in [6.45, 7) is 4.43. The van der Waals surface area contributed by atoms with Crippen LogP contribution in [-0.4, -0.2) is 41.9 Å². The van der Waals surface area contributed by atoms with Crippen LogP contribution in [0.25, 0.3) is 0 Å². The number of hydrogen-bond donors (Lipinski definition) is 3. The van der Waals surface area contributed by atoms with Crippen molar-refractivity contribution in [3.63, 3.8) is 0 Å². The molecule has 0 aromatic carbocycles. The van der Waals surface area contributed by atoms with E-state index in [9.17, 15) is 22.9 Å². The van der Waals surface area contributed by atoms with Gasteiger partial charge < -0.3 is 10.4 Å². The second kappa shape index (κ2) is 44.1. The molecule has 1 amide bonds. The lowest BCUT2D eigenvalue weighted by Gasteiger charge is -2.23. The summed E-state index contributed by atoms with van der Waals surface area (Å²) in [6.07, 6.45) is 64.0. The molecule has 58 heavy (non-hydrogen) atoms. The van der Waals surface area contributed by atoms with Crippen molar-refractivity contribution >= 4 is 16.0 Å². The van der Waals surface area contributed by atoms with Crippen LogP contribution in [0.5, 0.6) is 0 Å². The average Bonchev–Trinajstić information content (AvgIpc) is 3.19.